The molecule has 7 nitrogen and oxygen atoms in total. The molecule has 0 aliphatic rings. The number of ether oxygens (including phenoxy) is 1. The molecule has 2 heterocycles. The highest BCUT2D eigenvalue weighted by molar-refractivity contribution is 7.20. The van der Waals surface area contributed by atoms with E-state index in [9.17, 15) is 9.59 Å². The van der Waals surface area contributed by atoms with E-state index in [4.69, 9.17) is 9.15 Å². The maximum atomic E-state index is 12.1. The van der Waals surface area contributed by atoms with Crippen molar-refractivity contribution in [2.45, 2.75) is 0 Å². The van der Waals surface area contributed by atoms with Crippen LogP contribution in [0.4, 0.5) is 6.01 Å². The number of carbonyl (C=O) groups excluding carboxylic acids is 2. The van der Waals surface area contributed by atoms with Crippen molar-refractivity contribution >= 4 is 39.3 Å². The number of nitrogens with one attached hydrogen (secondary N) is 1. The summed E-state index contributed by atoms with van der Waals surface area (Å²) in [7, 11) is 0. The van der Waals surface area contributed by atoms with Crippen molar-refractivity contribution in [3.8, 4) is 11.5 Å². The van der Waals surface area contributed by atoms with Crippen LogP contribution in [0, 0.1) is 0 Å². The summed E-state index contributed by atoms with van der Waals surface area (Å²) in [5, 5.41) is 11.0. The van der Waals surface area contributed by atoms with Gasteiger partial charge in [-0.15, -0.1) is 16.4 Å². The Morgan fingerprint density at radius 2 is 1.81 bits per heavy atom. The number of fused-ring (bicyclic) bond motifs is 1. The molecule has 8 heteroatoms. The third-order valence-corrected chi connectivity index (χ3v) is 4.75. The largest absolute Gasteiger partial charge is 0.451 e. The maximum absolute atomic E-state index is 12.1. The number of amides is 1. The number of thiophene rings is 1. The molecule has 0 bridgehead atoms. The van der Waals surface area contributed by atoms with Crippen LogP contribution in [-0.2, 0) is 9.53 Å². The number of anilines is 1. The summed E-state index contributed by atoms with van der Waals surface area (Å²) in [4.78, 5) is 24.5. The summed E-state index contributed by atoms with van der Waals surface area (Å²) in [6.45, 7) is -0.448. The molecule has 27 heavy (non-hydrogen) atoms. The van der Waals surface area contributed by atoms with E-state index in [0.29, 0.717) is 4.88 Å². The van der Waals surface area contributed by atoms with Gasteiger partial charge in [0.05, 0.1) is 0 Å². The zero-order chi connectivity index (χ0) is 18.6. The monoisotopic (exact) mass is 379 g/mol. The Balaban J connectivity index is 1.34. The Kier molecular flexibility index (Phi) is 4.63. The van der Waals surface area contributed by atoms with Crippen molar-refractivity contribution in [3.63, 3.8) is 0 Å². The normalized spacial score (nSPS) is 10.7. The molecule has 0 saturated heterocycles. The topological polar surface area (TPSA) is 94.3 Å². The molecule has 0 fully saturated rings. The van der Waals surface area contributed by atoms with Gasteiger partial charge < -0.3 is 9.15 Å². The van der Waals surface area contributed by atoms with Gasteiger partial charge in [-0.3, -0.25) is 10.1 Å². The van der Waals surface area contributed by atoms with Gasteiger partial charge in [0.1, 0.15) is 4.88 Å². The summed E-state index contributed by atoms with van der Waals surface area (Å²) < 4.78 is 11.4. The lowest BCUT2D eigenvalue weighted by molar-refractivity contribution is -0.119. The molecule has 0 spiro atoms. The third kappa shape index (κ3) is 3.85. The number of rotatable bonds is 5. The molecule has 134 valence electrons. The summed E-state index contributed by atoms with van der Waals surface area (Å²) in [6.07, 6.45) is 0. The third-order valence-electron chi connectivity index (χ3n) is 3.65. The van der Waals surface area contributed by atoms with E-state index in [1.54, 1.807) is 6.07 Å². The van der Waals surface area contributed by atoms with Gasteiger partial charge in [0.15, 0.2) is 6.61 Å². The Morgan fingerprint density at radius 1 is 1.04 bits per heavy atom. The number of hydrogen-bond acceptors (Lipinski definition) is 7. The van der Waals surface area contributed by atoms with Crippen LogP contribution in [-0.4, -0.2) is 28.7 Å². The number of nitrogens with zero attached hydrogens (tertiary/aromatic N) is 2. The molecule has 2 aromatic heterocycles. The van der Waals surface area contributed by atoms with Gasteiger partial charge in [0.25, 0.3) is 5.91 Å². The Morgan fingerprint density at radius 3 is 2.63 bits per heavy atom. The standard InChI is InChI=1S/C19H13N3O4S/c23-16(20-19-22-21-17(26-19)12-6-2-1-3-7-12)11-25-18(24)15-10-13-8-4-5-9-14(13)27-15/h1-10H,11H2,(H,20,22,23). The Bertz CT molecular complexity index is 1070. The minimum atomic E-state index is -0.562. The average molecular weight is 379 g/mol. The van der Waals surface area contributed by atoms with Crippen LogP contribution in [0.25, 0.3) is 21.5 Å². The molecule has 0 unspecified atom stereocenters. The van der Waals surface area contributed by atoms with E-state index in [0.717, 1.165) is 15.6 Å². The minimum absolute atomic E-state index is 0.0586. The van der Waals surface area contributed by atoms with Gasteiger partial charge in [-0.2, -0.15) is 0 Å². The predicted molar refractivity (Wildman–Crippen MR) is 100 cm³/mol. The molecule has 0 saturated carbocycles. The lowest BCUT2D eigenvalue weighted by Gasteiger charge is -2.02. The van der Waals surface area contributed by atoms with Gasteiger partial charge in [-0.05, 0) is 29.7 Å². The van der Waals surface area contributed by atoms with Crippen molar-refractivity contribution in [2.75, 3.05) is 11.9 Å². The second kappa shape index (κ2) is 7.38. The summed E-state index contributed by atoms with van der Waals surface area (Å²) in [5.74, 6) is -0.831. The average Bonchev–Trinajstić information content (AvgIpc) is 3.33. The van der Waals surface area contributed by atoms with Crippen molar-refractivity contribution in [3.05, 3.63) is 65.5 Å². The van der Waals surface area contributed by atoms with Crippen LogP contribution in [0.1, 0.15) is 9.67 Å². The van der Waals surface area contributed by atoms with Crippen molar-refractivity contribution in [1.82, 2.24) is 10.2 Å². The molecular formula is C19H13N3O4S. The van der Waals surface area contributed by atoms with Crippen LogP contribution in [0.2, 0.25) is 0 Å². The van der Waals surface area contributed by atoms with E-state index >= 15 is 0 Å². The highest BCUT2D eigenvalue weighted by atomic mass is 32.1. The molecule has 1 amide bonds. The first-order chi connectivity index (χ1) is 13.2. The Labute approximate surface area is 157 Å². The number of aromatic nitrogens is 2. The van der Waals surface area contributed by atoms with Gasteiger partial charge in [-0.1, -0.05) is 41.5 Å². The lowest BCUT2D eigenvalue weighted by atomic mass is 10.2. The summed E-state index contributed by atoms with van der Waals surface area (Å²) in [5.41, 5.74) is 0.738. The highest BCUT2D eigenvalue weighted by Crippen LogP contribution is 2.25. The van der Waals surface area contributed by atoms with E-state index in [1.165, 1.54) is 11.3 Å². The van der Waals surface area contributed by atoms with Crippen LogP contribution < -0.4 is 5.32 Å². The number of benzene rings is 2. The van der Waals surface area contributed by atoms with Crippen LogP contribution in [0.5, 0.6) is 0 Å². The lowest BCUT2D eigenvalue weighted by Crippen LogP contribution is -2.20. The van der Waals surface area contributed by atoms with Gasteiger partial charge in [0.2, 0.25) is 5.89 Å². The zero-order valence-electron chi connectivity index (χ0n) is 13.9. The fourth-order valence-electron chi connectivity index (χ4n) is 2.41. The first-order valence-electron chi connectivity index (χ1n) is 8.03. The second-order valence-electron chi connectivity index (χ2n) is 5.55. The molecule has 4 aromatic rings. The molecular weight excluding hydrogens is 366 g/mol. The summed E-state index contributed by atoms with van der Waals surface area (Å²) in [6, 6.07) is 18.5. The second-order valence-corrected chi connectivity index (χ2v) is 6.63. The molecule has 0 atom stereocenters. The molecule has 0 aliphatic carbocycles. The minimum Gasteiger partial charge on any atom is -0.451 e. The highest BCUT2D eigenvalue weighted by Gasteiger charge is 2.15. The van der Waals surface area contributed by atoms with Crippen molar-refractivity contribution in [2.24, 2.45) is 0 Å². The van der Waals surface area contributed by atoms with E-state index in [1.807, 2.05) is 54.6 Å². The predicted octanol–water partition coefficient (Wildman–Crippen LogP) is 3.75. The maximum Gasteiger partial charge on any atom is 0.348 e. The number of esters is 1. The quantitative estimate of drug-likeness (QED) is 0.531. The summed E-state index contributed by atoms with van der Waals surface area (Å²) >= 11 is 1.31. The first-order valence-corrected chi connectivity index (χ1v) is 8.85. The number of carbonyl (C=O) groups is 2. The first kappa shape index (κ1) is 16.9. The van der Waals surface area contributed by atoms with Crippen molar-refractivity contribution in [1.29, 1.82) is 0 Å². The van der Waals surface area contributed by atoms with Crippen molar-refractivity contribution < 1.29 is 18.7 Å². The molecule has 4 rings (SSSR count). The SMILES string of the molecule is O=C(COC(=O)c1cc2ccccc2s1)Nc1nnc(-c2ccccc2)o1. The van der Waals surface area contributed by atoms with Crippen LogP contribution in [0.3, 0.4) is 0 Å². The van der Waals surface area contributed by atoms with E-state index < -0.39 is 18.5 Å². The van der Waals surface area contributed by atoms with E-state index in [2.05, 4.69) is 15.5 Å². The fourth-order valence-corrected chi connectivity index (χ4v) is 3.37. The molecule has 0 radical (unpaired) electrons. The van der Waals surface area contributed by atoms with Gasteiger partial charge >= 0.3 is 12.0 Å². The van der Waals surface area contributed by atoms with Crippen LogP contribution in [0.15, 0.2) is 65.1 Å². The molecule has 1 N–H and O–H groups in total. The van der Waals surface area contributed by atoms with Gasteiger partial charge in [0, 0.05) is 10.3 Å². The molecule has 2 aromatic carbocycles. The zero-order valence-corrected chi connectivity index (χ0v) is 14.7. The molecule has 0 aliphatic heterocycles. The van der Waals surface area contributed by atoms with Gasteiger partial charge in [-0.25, -0.2) is 4.79 Å². The fraction of sp³-hybridized carbons (Fsp3) is 0.0526. The van der Waals surface area contributed by atoms with Crippen LogP contribution >= 0.6 is 11.3 Å². The number of hydrogen-bond donors (Lipinski definition) is 1. The Hall–Kier alpha value is -3.52. The smallest absolute Gasteiger partial charge is 0.348 e. The van der Waals surface area contributed by atoms with E-state index in [-0.39, 0.29) is 11.9 Å².